The predicted molar refractivity (Wildman–Crippen MR) is 102 cm³/mol. The fraction of sp³-hybridized carbons (Fsp3) is 0.550. The molecular formula is C20H24F2N4O4. The topological polar surface area (TPSA) is 78.7 Å². The molecule has 8 nitrogen and oxygen atoms in total. The van der Waals surface area contributed by atoms with Gasteiger partial charge >= 0.3 is 12.4 Å². The average Bonchev–Trinajstić information content (AvgIpc) is 3.18. The molecule has 0 bridgehead atoms. The first-order valence-electron chi connectivity index (χ1n) is 9.83. The number of carbonyl (C=O) groups excluding carboxylic acids is 1. The number of carbonyl (C=O) groups is 1. The van der Waals surface area contributed by atoms with Crippen molar-refractivity contribution in [2.75, 3.05) is 13.1 Å². The van der Waals surface area contributed by atoms with Crippen LogP contribution in [-0.2, 0) is 4.74 Å². The van der Waals surface area contributed by atoms with Crippen LogP contribution in [0.15, 0.2) is 18.2 Å². The quantitative estimate of drug-likeness (QED) is 0.724. The van der Waals surface area contributed by atoms with E-state index in [1.807, 2.05) is 20.8 Å². The van der Waals surface area contributed by atoms with Crippen molar-refractivity contribution in [1.29, 1.82) is 0 Å². The lowest BCUT2D eigenvalue weighted by molar-refractivity contribution is -0.286. The number of ether oxygens (including phenoxy) is 3. The van der Waals surface area contributed by atoms with Crippen LogP contribution in [0.4, 0.5) is 13.6 Å². The summed E-state index contributed by atoms with van der Waals surface area (Å²) < 4.78 is 43.6. The van der Waals surface area contributed by atoms with Crippen molar-refractivity contribution in [3.8, 4) is 22.9 Å². The lowest BCUT2D eigenvalue weighted by atomic mass is 10.0. The Kier molecular flexibility index (Phi) is 4.82. The molecule has 30 heavy (non-hydrogen) atoms. The third kappa shape index (κ3) is 4.03. The Morgan fingerprint density at radius 3 is 2.60 bits per heavy atom. The van der Waals surface area contributed by atoms with Gasteiger partial charge < -0.3 is 19.1 Å². The second-order valence-electron chi connectivity index (χ2n) is 8.43. The molecular weight excluding hydrogens is 398 g/mol. The minimum atomic E-state index is -3.71. The van der Waals surface area contributed by atoms with E-state index in [2.05, 4.69) is 14.8 Å². The Balaban J connectivity index is 1.56. The molecule has 4 rings (SSSR count). The number of aryl methyl sites for hydroxylation is 1. The number of hydrogen-bond donors (Lipinski definition) is 0. The van der Waals surface area contributed by atoms with Crippen LogP contribution in [0.1, 0.15) is 45.5 Å². The standard InChI is InChI=1S/C20H24F2N4O4/c1-12-23-17(14-6-5-7-15-16(14)29-20(21,22)28-15)26(24-12)13-8-10-25(11-9-13)18(27)30-19(2,3)4/h5-7,13H,8-11H2,1-4H3. The monoisotopic (exact) mass is 422 g/mol. The van der Waals surface area contributed by atoms with E-state index in [0.29, 0.717) is 43.1 Å². The maximum Gasteiger partial charge on any atom is 0.586 e. The predicted octanol–water partition coefficient (Wildman–Crippen LogP) is 4.15. The molecule has 0 aliphatic carbocycles. The number of aromatic nitrogens is 3. The fourth-order valence-corrected chi connectivity index (χ4v) is 3.63. The highest BCUT2D eigenvalue weighted by molar-refractivity contribution is 5.70. The van der Waals surface area contributed by atoms with Gasteiger partial charge in [0.2, 0.25) is 0 Å². The van der Waals surface area contributed by atoms with Crippen molar-refractivity contribution < 1.29 is 27.8 Å². The number of rotatable bonds is 2. The Labute approximate surface area is 172 Å². The summed E-state index contributed by atoms with van der Waals surface area (Å²) in [5.41, 5.74) is -0.165. The van der Waals surface area contributed by atoms with Crippen LogP contribution in [0.2, 0.25) is 0 Å². The lowest BCUT2D eigenvalue weighted by Gasteiger charge is -2.33. The number of para-hydroxylation sites is 1. The molecule has 0 N–H and O–H groups in total. The summed E-state index contributed by atoms with van der Waals surface area (Å²) in [4.78, 5) is 18.4. The average molecular weight is 422 g/mol. The molecule has 162 valence electrons. The van der Waals surface area contributed by atoms with E-state index >= 15 is 0 Å². The van der Waals surface area contributed by atoms with Crippen LogP contribution in [-0.4, -0.2) is 50.7 Å². The Bertz CT molecular complexity index is 962. The maximum atomic E-state index is 13.6. The zero-order valence-electron chi connectivity index (χ0n) is 17.3. The van der Waals surface area contributed by atoms with Gasteiger partial charge in [-0.15, -0.1) is 8.78 Å². The maximum absolute atomic E-state index is 13.6. The van der Waals surface area contributed by atoms with Crippen molar-refractivity contribution >= 4 is 6.09 Å². The second-order valence-corrected chi connectivity index (χ2v) is 8.43. The SMILES string of the molecule is Cc1nc(-c2cccc3c2OC(F)(F)O3)n(C2CCN(C(=O)OC(C)(C)C)CC2)n1. The molecule has 0 radical (unpaired) electrons. The first kappa shape index (κ1) is 20.4. The molecule has 1 saturated heterocycles. The van der Waals surface area contributed by atoms with Crippen molar-refractivity contribution in [3.05, 3.63) is 24.0 Å². The highest BCUT2D eigenvalue weighted by Crippen LogP contribution is 2.47. The Hall–Kier alpha value is -2.91. The van der Waals surface area contributed by atoms with Crippen LogP contribution < -0.4 is 9.47 Å². The number of alkyl halides is 2. The van der Waals surface area contributed by atoms with Gasteiger partial charge in [-0.05, 0) is 52.7 Å². The molecule has 10 heteroatoms. The van der Waals surface area contributed by atoms with Gasteiger partial charge in [-0.2, -0.15) is 5.10 Å². The molecule has 0 spiro atoms. The summed E-state index contributed by atoms with van der Waals surface area (Å²) in [6, 6.07) is 4.64. The number of benzene rings is 1. The highest BCUT2D eigenvalue weighted by Gasteiger charge is 2.45. The molecule has 0 unspecified atom stereocenters. The molecule has 1 fully saturated rings. The van der Waals surface area contributed by atoms with Gasteiger partial charge in [-0.1, -0.05) is 6.07 Å². The van der Waals surface area contributed by atoms with Crippen LogP contribution in [0.3, 0.4) is 0 Å². The van der Waals surface area contributed by atoms with Crippen molar-refractivity contribution in [2.24, 2.45) is 0 Å². The number of likely N-dealkylation sites (tertiary alicyclic amines) is 1. The first-order chi connectivity index (χ1) is 14.0. The van der Waals surface area contributed by atoms with Gasteiger partial charge in [0, 0.05) is 13.1 Å². The fourth-order valence-electron chi connectivity index (χ4n) is 3.63. The molecule has 0 saturated carbocycles. The summed E-state index contributed by atoms with van der Waals surface area (Å²) in [6.45, 7) is 8.23. The largest absolute Gasteiger partial charge is 0.586 e. The number of piperidine rings is 1. The van der Waals surface area contributed by atoms with E-state index in [1.165, 1.54) is 6.07 Å². The van der Waals surface area contributed by atoms with Crippen molar-refractivity contribution in [1.82, 2.24) is 19.7 Å². The molecule has 2 aliphatic heterocycles. The van der Waals surface area contributed by atoms with Gasteiger partial charge in [0.1, 0.15) is 11.4 Å². The van der Waals surface area contributed by atoms with Crippen LogP contribution in [0.25, 0.3) is 11.4 Å². The van der Waals surface area contributed by atoms with E-state index < -0.39 is 11.9 Å². The van der Waals surface area contributed by atoms with E-state index in [4.69, 9.17) is 9.47 Å². The summed E-state index contributed by atoms with van der Waals surface area (Å²) >= 11 is 0. The minimum Gasteiger partial charge on any atom is -0.444 e. The first-order valence-corrected chi connectivity index (χ1v) is 9.83. The number of fused-ring (bicyclic) bond motifs is 1. The Morgan fingerprint density at radius 2 is 1.93 bits per heavy atom. The van der Waals surface area contributed by atoms with Crippen LogP contribution in [0, 0.1) is 6.92 Å². The second kappa shape index (κ2) is 7.10. The zero-order valence-corrected chi connectivity index (χ0v) is 17.3. The molecule has 2 aromatic rings. The Morgan fingerprint density at radius 1 is 1.23 bits per heavy atom. The van der Waals surface area contributed by atoms with Crippen LogP contribution in [0.5, 0.6) is 11.5 Å². The smallest absolute Gasteiger partial charge is 0.444 e. The summed E-state index contributed by atoms with van der Waals surface area (Å²) in [5, 5.41) is 4.49. The summed E-state index contributed by atoms with van der Waals surface area (Å²) in [6.07, 6.45) is -2.78. The van der Waals surface area contributed by atoms with E-state index in [9.17, 15) is 13.6 Å². The highest BCUT2D eigenvalue weighted by atomic mass is 19.3. The van der Waals surface area contributed by atoms with Crippen LogP contribution >= 0.6 is 0 Å². The number of amides is 1. The lowest BCUT2D eigenvalue weighted by Crippen LogP contribution is -2.42. The molecule has 1 amide bonds. The normalized spacial score (nSPS) is 18.5. The van der Waals surface area contributed by atoms with E-state index in [-0.39, 0.29) is 23.6 Å². The molecule has 0 atom stereocenters. The zero-order chi connectivity index (χ0) is 21.7. The number of nitrogens with zero attached hydrogens (tertiary/aromatic N) is 4. The van der Waals surface area contributed by atoms with Gasteiger partial charge in [0.25, 0.3) is 0 Å². The molecule has 3 heterocycles. The number of halogens is 2. The van der Waals surface area contributed by atoms with Gasteiger partial charge in [-0.25, -0.2) is 14.5 Å². The van der Waals surface area contributed by atoms with E-state index in [1.54, 1.807) is 28.6 Å². The third-order valence-electron chi connectivity index (χ3n) is 4.87. The third-order valence-corrected chi connectivity index (χ3v) is 4.87. The minimum absolute atomic E-state index is 0.0375. The summed E-state index contributed by atoms with van der Waals surface area (Å²) in [5.74, 6) is 0.857. The van der Waals surface area contributed by atoms with Crippen molar-refractivity contribution in [2.45, 2.75) is 58.5 Å². The molecule has 1 aromatic carbocycles. The van der Waals surface area contributed by atoms with Gasteiger partial charge in [0.05, 0.1) is 11.6 Å². The van der Waals surface area contributed by atoms with Gasteiger partial charge in [-0.3, -0.25) is 0 Å². The summed E-state index contributed by atoms with van der Waals surface area (Å²) in [7, 11) is 0. The van der Waals surface area contributed by atoms with E-state index in [0.717, 1.165) is 0 Å². The number of hydrogen-bond acceptors (Lipinski definition) is 6. The van der Waals surface area contributed by atoms with Crippen molar-refractivity contribution in [3.63, 3.8) is 0 Å². The molecule has 2 aliphatic rings. The molecule has 1 aromatic heterocycles. The van der Waals surface area contributed by atoms with Gasteiger partial charge in [0.15, 0.2) is 17.3 Å².